The molecule has 0 aromatic heterocycles. The number of methoxy groups -OCH3 is 1. The third-order valence-corrected chi connectivity index (χ3v) is 4.21. The van der Waals surface area contributed by atoms with Gasteiger partial charge in [-0.05, 0) is 23.8 Å². The van der Waals surface area contributed by atoms with Crippen LogP contribution in [-0.2, 0) is 33.2 Å². The van der Waals surface area contributed by atoms with Crippen LogP contribution in [0.15, 0.2) is 18.2 Å². The van der Waals surface area contributed by atoms with Crippen LogP contribution in [-0.4, -0.2) is 43.5 Å². The van der Waals surface area contributed by atoms with Crippen molar-refractivity contribution in [3.63, 3.8) is 0 Å². The number of nitrogens with zero attached hydrogens (tertiary/aromatic N) is 1. The van der Waals surface area contributed by atoms with Gasteiger partial charge in [0.25, 0.3) is 0 Å². The molecular weight excluding hydrogens is 394 g/mol. The summed E-state index contributed by atoms with van der Waals surface area (Å²) >= 11 is 0. The van der Waals surface area contributed by atoms with Crippen molar-refractivity contribution in [2.45, 2.75) is 25.3 Å². The van der Waals surface area contributed by atoms with E-state index in [1.54, 1.807) is 0 Å². The third kappa shape index (κ3) is 5.60. The van der Waals surface area contributed by atoms with Crippen LogP contribution in [0.3, 0.4) is 0 Å². The van der Waals surface area contributed by atoms with Crippen LogP contribution in [0.25, 0.3) is 0 Å². The monoisotopic (exact) mass is 412 g/mol. The highest BCUT2D eigenvalue weighted by Crippen LogP contribution is 2.36. The molecule has 0 bridgehead atoms. The molecule has 1 atom stereocenters. The Kier molecular flexibility index (Phi) is 6.58. The van der Waals surface area contributed by atoms with Gasteiger partial charge in [-0.3, -0.25) is 9.59 Å². The van der Waals surface area contributed by atoms with Gasteiger partial charge in [-0.1, -0.05) is 0 Å². The fraction of sp³-hybridized carbons (Fsp3) is 0.529. The van der Waals surface area contributed by atoms with E-state index < -0.39 is 47.8 Å². The van der Waals surface area contributed by atoms with E-state index in [-0.39, 0.29) is 37.7 Å². The average Bonchev–Trinajstić information content (AvgIpc) is 2.94. The first kappa shape index (κ1) is 22.0. The van der Waals surface area contributed by atoms with Crippen LogP contribution < -0.4 is 5.32 Å². The molecule has 1 aromatic rings. The number of carbonyl (C=O) groups excluding carboxylic acids is 2. The number of likely N-dealkylation sites (tertiary alicyclic amines) is 1. The minimum atomic E-state index is -4.96. The molecule has 1 aliphatic rings. The molecule has 0 aliphatic carbocycles. The Morgan fingerprint density at radius 1 is 1.14 bits per heavy atom. The quantitative estimate of drug-likeness (QED) is 0.578. The van der Waals surface area contributed by atoms with Gasteiger partial charge >= 0.3 is 12.4 Å². The molecule has 1 N–H and O–H groups in total. The molecule has 11 heteroatoms. The molecule has 0 saturated carbocycles. The van der Waals surface area contributed by atoms with Gasteiger partial charge in [0.1, 0.15) is 0 Å². The molecular formula is C17H18F6N2O3. The van der Waals surface area contributed by atoms with E-state index in [1.807, 2.05) is 0 Å². The van der Waals surface area contributed by atoms with Crippen molar-refractivity contribution in [3.05, 3.63) is 34.9 Å². The standard InChI is InChI=1S/C17H18F6N2O3/c1-28-3-2-24-15(27)11-6-14(26)25(9-11)8-10-4-12(16(18,19)20)7-13(5-10)17(21,22)23/h4-5,7,11H,2-3,6,8-9H2,1H3,(H,24,27)/t11-/m0/s1. The van der Waals surface area contributed by atoms with Gasteiger partial charge in [0.05, 0.1) is 23.7 Å². The molecule has 156 valence electrons. The van der Waals surface area contributed by atoms with E-state index in [1.165, 1.54) is 7.11 Å². The number of amides is 2. The second-order valence-electron chi connectivity index (χ2n) is 6.37. The van der Waals surface area contributed by atoms with E-state index in [2.05, 4.69) is 5.32 Å². The number of ether oxygens (including phenoxy) is 1. The molecule has 1 aromatic carbocycles. The number of hydrogen-bond acceptors (Lipinski definition) is 3. The number of rotatable bonds is 6. The average molecular weight is 412 g/mol. The van der Waals surface area contributed by atoms with E-state index in [4.69, 9.17) is 4.74 Å². The molecule has 2 rings (SSSR count). The Morgan fingerprint density at radius 2 is 1.71 bits per heavy atom. The van der Waals surface area contributed by atoms with Gasteiger partial charge in [0, 0.05) is 33.2 Å². The minimum absolute atomic E-state index is 0.0291. The predicted octanol–water partition coefficient (Wildman–Crippen LogP) is 2.84. The van der Waals surface area contributed by atoms with Gasteiger partial charge < -0.3 is 15.0 Å². The SMILES string of the molecule is COCCNC(=O)[C@H]1CC(=O)N(Cc2cc(C(F)(F)F)cc(C(F)(F)F)c2)C1. The second-order valence-corrected chi connectivity index (χ2v) is 6.37. The lowest BCUT2D eigenvalue weighted by Gasteiger charge is -2.19. The summed E-state index contributed by atoms with van der Waals surface area (Å²) in [6.45, 7) is -0.0495. The van der Waals surface area contributed by atoms with Crippen molar-refractivity contribution in [3.8, 4) is 0 Å². The Hall–Kier alpha value is -2.30. The van der Waals surface area contributed by atoms with Crippen LogP contribution in [0.1, 0.15) is 23.1 Å². The lowest BCUT2D eigenvalue weighted by atomic mass is 10.0. The molecule has 0 radical (unpaired) electrons. The van der Waals surface area contributed by atoms with Crippen LogP contribution >= 0.6 is 0 Å². The van der Waals surface area contributed by atoms with E-state index in [0.717, 1.165) is 4.90 Å². The number of benzene rings is 1. The number of halogens is 6. The van der Waals surface area contributed by atoms with Crippen LogP contribution in [0.4, 0.5) is 26.3 Å². The maximum absolute atomic E-state index is 12.9. The molecule has 0 spiro atoms. The molecule has 1 saturated heterocycles. The molecule has 0 unspecified atom stereocenters. The zero-order chi connectivity index (χ0) is 21.1. The van der Waals surface area contributed by atoms with Crippen LogP contribution in [0, 0.1) is 5.92 Å². The van der Waals surface area contributed by atoms with Gasteiger partial charge in [-0.25, -0.2) is 0 Å². The zero-order valence-corrected chi connectivity index (χ0v) is 14.8. The first-order valence-corrected chi connectivity index (χ1v) is 8.24. The third-order valence-electron chi connectivity index (χ3n) is 4.21. The van der Waals surface area contributed by atoms with Crippen molar-refractivity contribution >= 4 is 11.8 Å². The normalized spacial score (nSPS) is 17.9. The maximum atomic E-state index is 12.9. The topological polar surface area (TPSA) is 58.6 Å². The smallest absolute Gasteiger partial charge is 0.383 e. The summed E-state index contributed by atoms with van der Waals surface area (Å²) in [4.78, 5) is 25.1. The first-order valence-electron chi connectivity index (χ1n) is 8.24. The minimum Gasteiger partial charge on any atom is -0.383 e. The van der Waals surface area contributed by atoms with E-state index in [0.29, 0.717) is 12.1 Å². The molecule has 5 nitrogen and oxygen atoms in total. The highest BCUT2D eigenvalue weighted by molar-refractivity contribution is 5.89. The van der Waals surface area contributed by atoms with Gasteiger partial charge in [0.2, 0.25) is 11.8 Å². The van der Waals surface area contributed by atoms with E-state index >= 15 is 0 Å². The summed E-state index contributed by atoms with van der Waals surface area (Å²) in [6, 6.07) is 1.18. The lowest BCUT2D eigenvalue weighted by molar-refractivity contribution is -0.143. The van der Waals surface area contributed by atoms with Gasteiger partial charge in [-0.15, -0.1) is 0 Å². The highest BCUT2D eigenvalue weighted by Gasteiger charge is 2.38. The lowest BCUT2D eigenvalue weighted by Crippen LogP contribution is -2.34. The van der Waals surface area contributed by atoms with Crippen LogP contribution in [0.2, 0.25) is 0 Å². The largest absolute Gasteiger partial charge is 0.416 e. The Morgan fingerprint density at radius 3 is 2.21 bits per heavy atom. The molecule has 1 fully saturated rings. The van der Waals surface area contributed by atoms with E-state index in [9.17, 15) is 35.9 Å². The second kappa shape index (κ2) is 8.38. The molecule has 1 heterocycles. The van der Waals surface area contributed by atoms with Crippen molar-refractivity contribution in [1.82, 2.24) is 10.2 Å². The van der Waals surface area contributed by atoms with Crippen LogP contribution in [0.5, 0.6) is 0 Å². The number of hydrogen-bond donors (Lipinski definition) is 1. The van der Waals surface area contributed by atoms with Crippen molar-refractivity contribution in [1.29, 1.82) is 0 Å². The molecule has 28 heavy (non-hydrogen) atoms. The summed E-state index contributed by atoms with van der Waals surface area (Å²) in [5.41, 5.74) is -3.20. The number of alkyl halides is 6. The van der Waals surface area contributed by atoms with Gasteiger partial charge in [0.15, 0.2) is 0 Å². The Bertz CT molecular complexity index is 700. The Balaban J connectivity index is 2.16. The fourth-order valence-electron chi connectivity index (χ4n) is 2.85. The first-order chi connectivity index (χ1) is 12.9. The molecule has 2 amide bonds. The summed E-state index contributed by atoms with van der Waals surface area (Å²) in [6.07, 6.45) is -10.1. The predicted molar refractivity (Wildman–Crippen MR) is 84.9 cm³/mol. The zero-order valence-electron chi connectivity index (χ0n) is 14.8. The fourth-order valence-corrected chi connectivity index (χ4v) is 2.85. The van der Waals surface area contributed by atoms with Gasteiger partial charge in [-0.2, -0.15) is 26.3 Å². The van der Waals surface area contributed by atoms with Crippen molar-refractivity contribution in [2.75, 3.05) is 26.8 Å². The summed E-state index contributed by atoms with van der Waals surface area (Å²) in [5.74, 6) is -1.66. The van der Waals surface area contributed by atoms with Crippen molar-refractivity contribution < 1.29 is 40.7 Å². The number of carbonyl (C=O) groups is 2. The molecule has 1 aliphatic heterocycles. The summed E-state index contributed by atoms with van der Waals surface area (Å²) in [7, 11) is 1.44. The summed E-state index contributed by atoms with van der Waals surface area (Å²) in [5, 5.41) is 2.55. The van der Waals surface area contributed by atoms with Crippen molar-refractivity contribution in [2.24, 2.45) is 5.92 Å². The summed E-state index contributed by atoms with van der Waals surface area (Å²) < 4.78 is 82.4. The Labute approximate surface area is 156 Å². The number of nitrogens with one attached hydrogen (secondary N) is 1. The highest BCUT2D eigenvalue weighted by atomic mass is 19.4. The maximum Gasteiger partial charge on any atom is 0.416 e.